The van der Waals surface area contributed by atoms with E-state index < -0.39 is 0 Å². The molecule has 0 aromatic carbocycles. The van der Waals surface area contributed by atoms with Gasteiger partial charge in [0.2, 0.25) is 5.88 Å². The molecule has 0 unspecified atom stereocenters. The van der Waals surface area contributed by atoms with E-state index in [4.69, 9.17) is 4.74 Å². The molecule has 1 N–H and O–H groups in total. The molecular formula is C10H17N3O. The smallest absolute Gasteiger partial charge is 0.218 e. The number of methoxy groups -OCH3 is 1. The Morgan fingerprint density at radius 2 is 1.93 bits per heavy atom. The molecule has 0 radical (unpaired) electrons. The summed E-state index contributed by atoms with van der Waals surface area (Å²) < 4.78 is 5.10. The molecule has 0 saturated heterocycles. The van der Waals surface area contributed by atoms with Gasteiger partial charge in [0, 0.05) is 18.5 Å². The van der Waals surface area contributed by atoms with Crippen LogP contribution in [0, 0.1) is 0 Å². The molecule has 78 valence electrons. The molecule has 0 spiro atoms. The molecule has 14 heavy (non-hydrogen) atoms. The molecule has 0 amide bonds. The molecule has 4 nitrogen and oxygen atoms in total. The first-order valence-electron chi connectivity index (χ1n) is 4.58. The summed E-state index contributed by atoms with van der Waals surface area (Å²) in [5, 5.41) is 2.98. The number of nitrogens with zero attached hydrogens (tertiary/aromatic N) is 2. The standard InChI is InChI=1S/C10H17N3O/c1-10(2,3)9-12-7(11-4)6-8(13-9)14-5/h6H,1-5H3,(H,11,12,13). The molecule has 0 aliphatic heterocycles. The van der Waals surface area contributed by atoms with Crippen molar-refractivity contribution < 1.29 is 4.74 Å². The lowest BCUT2D eigenvalue weighted by atomic mass is 9.96. The fourth-order valence-electron chi connectivity index (χ4n) is 0.993. The highest BCUT2D eigenvalue weighted by Crippen LogP contribution is 2.22. The van der Waals surface area contributed by atoms with Gasteiger partial charge in [0.25, 0.3) is 0 Å². The largest absolute Gasteiger partial charge is 0.481 e. The highest BCUT2D eigenvalue weighted by atomic mass is 16.5. The van der Waals surface area contributed by atoms with E-state index in [1.165, 1.54) is 0 Å². The molecule has 1 aromatic heterocycles. The molecule has 0 saturated carbocycles. The van der Waals surface area contributed by atoms with Crippen LogP contribution in [0.2, 0.25) is 0 Å². The maximum Gasteiger partial charge on any atom is 0.218 e. The van der Waals surface area contributed by atoms with Crippen molar-refractivity contribution in [3.63, 3.8) is 0 Å². The van der Waals surface area contributed by atoms with Crippen LogP contribution in [0.1, 0.15) is 26.6 Å². The van der Waals surface area contributed by atoms with Gasteiger partial charge in [0.1, 0.15) is 11.6 Å². The van der Waals surface area contributed by atoms with E-state index >= 15 is 0 Å². The summed E-state index contributed by atoms with van der Waals surface area (Å²) in [6.07, 6.45) is 0. The van der Waals surface area contributed by atoms with Crippen LogP contribution in [-0.4, -0.2) is 24.1 Å². The fraction of sp³-hybridized carbons (Fsp3) is 0.600. The molecule has 0 aliphatic rings. The highest BCUT2D eigenvalue weighted by Gasteiger charge is 2.19. The lowest BCUT2D eigenvalue weighted by Gasteiger charge is -2.17. The number of rotatable bonds is 2. The van der Waals surface area contributed by atoms with Crippen molar-refractivity contribution in [2.75, 3.05) is 19.5 Å². The molecule has 1 rings (SSSR count). The summed E-state index contributed by atoms with van der Waals surface area (Å²) in [7, 11) is 3.43. The maximum absolute atomic E-state index is 5.10. The van der Waals surface area contributed by atoms with E-state index in [1.54, 1.807) is 13.2 Å². The average molecular weight is 195 g/mol. The summed E-state index contributed by atoms with van der Waals surface area (Å²) in [6.45, 7) is 6.21. The second kappa shape index (κ2) is 3.82. The SMILES string of the molecule is CNc1cc(OC)nc(C(C)(C)C)n1. The number of aromatic nitrogens is 2. The number of nitrogens with one attached hydrogen (secondary N) is 1. The number of hydrogen-bond acceptors (Lipinski definition) is 4. The van der Waals surface area contributed by atoms with Gasteiger partial charge in [0.15, 0.2) is 0 Å². The van der Waals surface area contributed by atoms with E-state index in [0.29, 0.717) is 5.88 Å². The van der Waals surface area contributed by atoms with Crippen molar-refractivity contribution in [3.8, 4) is 5.88 Å². The average Bonchev–Trinajstić information content (AvgIpc) is 2.15. The van der Waals surface area contributed by atoms with Crippen molar-refractivity contribution in [3.05, 3.63) is 11.9 Å². The Morgan fingerprint density at radius 1 is 1.29 bits per heavy atom. The zero-order valence-corrected chi connectivity index (χ0v) is 9.38. The summed E-state index contributed by atoms with van der Waals surface area (Å²) in [4.78, 5) is 8.67. The van der Waals surface area contributed by atoms with Gasteiger partial charge in [-0.1, -0.05) is 20.8 Å². The molecule has 1 aromatic rings. The minimum absolute atomic E-state index is 0.0693. The van der Waals surface area contributed by atoms with Crippen molar-refractivity contribution >= 4 is 5.82 Å². The molecule has 0 bridgehead atoms. The minimum Gasteiger partial charge on any atom is -0.481 e. The summed E-state index contributed by atoms with van der Waals surface area (Å²) >= 11 is 0. The van der Waals surface area contributed by atoms with Crippen molar-refractivity contribution in [1.29, 1.82) is 0 Å². The van der Waals surface area contributed by atoms with Crippen LogP contribution in [0.25, 0.3) is 0 Å². The summed E-state index contributed by atoms with van der Waals surface area (Å²) in [5.41, 5.74) is -0.0693. The lowest BCUT2D eigenvalue weighted by Crippen LogP contribution is -2.17. The number of hydrogen-bond donors (Lipinski definition) is 1. The van der Waals surface area contributed by atoms with E-state index in [-0.39, 0.29) is 5.41 Å². The topological polar surface area (TPSA) is 47.0 Å². The second-order valence-electron chi connectivity index (χ2n) is 4.12. The van der Waals surface area contributed by atoms with E-state index in [1.807, 2.05) is 7.05 Å². The number of anilines is 1. The Labute approximate surface area is 84.7 Å². The van der Waals surface area contributed by atoms with E-state index in [9.17, 15) is 0 Å². The van der Waals surface area contributed by atoms with Crippen LogP contribution in [-0.2, 0) is 5.41 Å². The van der Waals surface area contributed by atoms with Crippen LogP contribution in [0.5, 0.6) is 5.88 Å². The van der Waals surface area contributed by atoms with Gasteiger partial charge in [-0.2, -0.15) is 4.98 Å². The first-order valence-corrected chi connectivity index (χ1v) is 4.58. The van der Waals surface area contributed by atoms with E-state index in [2.05, 4.69) is 36.1 Å². The summed E-state index contributed by atoms with van der Waals surface area (Å²) in [6, 6.07) is 1.77. The quantitative estimate of drug-likeness (QED) is 0.782. The Balaban J connectivity index is 3.17. The first kappa shape index (κ1) is 10.8. The third-order valence-corrected chi connectivity index (χ3v) is 1.84. The van der Waals surface area contributed by atoms with Gasteiger partial charge in [-0.25, -0.2) is 4.98 Å². The zero-order valence-electron chi connectivity index (χ0n) is 9.38. The molecule has 0 atom stereocenters. The molecule has 0 aliphatic carbocycles. The molecule has 1 heterocycles. The van der Waals surface area contributed by atoms with Gasteiger partial charge in [-0.15, -0.1) is 0 Å². The van der Waals surface area contributed by atoms with Crippen molar-refractivity contribution in [2.24, 2.45) is 0 Å². The van der Waals surface area contributed by atoms with Crippen LogP contribution in [0.15, 0.2) is 6.07 Å². The first-order chi connectivity index (χ1) is 6.47. The highest BCUT2D eigenvalue weighted by molar-refractivity contribution is 5.38. The van der Waals surface area contributed by atoms with Crippen LogP contribution in [0.3, 0.4) is 0 Å². The van der Waals surface area contributed by atoms with Crippen LogP contribution >= 0.6 is 0 Å². The van der Waals surface area contributed by atoms with Gasteiger partial charge < -0.3 is 10.1 Å². The van der Waals surface area contributed by atoms with Crippen LogP contribution in [0.4, 0.5) is 5.82 Å². The Hall–Kier alpha value is -1.32. The monoisotopic (exact) mass is 195 g/mol. The third kappa shape index (κ3) is 2.34. The zero-order chi connectivity index (χ0) is 10.8. The third-order valence-electron chi connectivity index (χ3n) is 1.84. The molecule has 0 fully saturated rings. The molecular weight excluding hydrogens is 178 g/mol. The fourth-order valence-corrected chi connectivity index (χ4v) is 0.993. The normalized spacial score (nSPS) is 11.2. The van der Waals surface area contributed by atoms with Gasteiger partial charge in [-0.3, -0.25) is 0 Å². The Kier molecular flexibility index (Phi) is 2.93. The van der Waals surface area contributed by atoms with Gasteiger partial charge in [-0.05, 0) is 0 Å². The predicted molar refractivity (Wildman–Crippen MR) is 56.8 cm³/mol. The van der Waals surface area contributed by atoms with Crippen LogP contribution < -0.4 is 10.1 Å². The Morgan fingerprint density at radius 3 is 2.36 bits per heavy atom. The summed E-state index contributed by atoms with van der Waals surface area (Å²) in [5.74, 6) is 2.15. The number of ether oxygens (including phenoxy) is 1. The van der Waals surface area contributed by atoms with Gasteiger partial charge >= 0.3 is 0 Å². The van der Waals surface area contributed by atoms with Crippen molar-refractivity contribution in [2.45, 2.75) is 26.2 Å². The minimum atomic E-state index is -0.0693. The second-order valence-corrected chi connectivity index (χ2v) is 4.12. The van der Waals surface area contributed by atoms with Crippen molar-refractivity contribution in [1.82, 2.24) is 9.97 Å². The molecule has 4 heteroatoms. The Bertz CT molecular complexity index is 295. The maximum atomic E-state index is 5.10. The van der Waals surface area contributed by atoms with Gasteiger partial charge in [0.05, 0.1) is 7.11 Å². The lowest BCUT2D eigenvalue weighted by molar-refractivity contribution is 0.389. The van der Waals surface area contributed by atoms with E-state index in [0.717, 1.165) is 11.6 Å². The predicted octanol–water partition coefficient (Wildman–Crippen LogP) is 1.82.